The molecule has 98 valence electrons. The predicted octanol–water partition coefficient (Wildman–Crippen LogP) is 2.14. The lowest BCUT2D eigenvalue weighted by Crippen LogP contribution is -2.30. The lowest BCUT2D eigenvalue weighted by atomic mass is 10.2. The molecule has 0 atom stereocenters. The van der Waals surface area contributed by atoms with Crippen LogP contribution < -0.4 is 0 Å². The summed E-state index contributed by atoms with van der Waals surface area (Å²) in [5, 5.41) is 8.84. The van der Waals surface area contributed by atoms with Crippen LogP contribution in [0.15, 0.2) is 23.1 Å². The Bertz CT molecular complexity index is 571. The molecule has 1 aromatic carbocycles. The molecule has 0 aliphatic heterocycles. The van der Waals surface area contributed by atoms with Crippen molar-refractivity contribution in [2.75, 3.05) is 13.6 Å². The van der Waals surface area contributed by atoms with Gasteiger partial charge in [0, 0.05) is 13.6 Å². The molecule has 0 aromatic heterocycles. The van der Waals surface area contributed by atoms with Gasteiger partial charge in [0.25, 0.3) is 0 Å². The molecule has 0 heterocycles. The molecule has 4 nitrogen and oxygen atoms in total. The first-order valence-electron chi connectivity index (χ1n) is 5.76. The zero-order valence-electron chi connectivity index (χ0n) is 11.1. The quantitative estimate of drug-likeness (QED) is 0.839. The lowest BCUT2D eigenvalue weighted by molar-refractivity contribution is 0.417. The van der Waals surface area contributed by atoms with Crippen LogP contribution in [-0.4, -0.2) is 26.3 Å². The van der Waals surface area contributed by atoms with Gasteiger partial charge >= 0.3 is 0 Å². The number of hydrogen-bond donors (Lipinski definition) is 0. The van der Waals surface area contributed by atoms with E-state index in [1.54, 1.807) is 26.1 Å². The average Bonchev–Trinajstić information content (AvgIpc) is 2.28. The van der Waals surface area contributed by atoms with Crippen LogP contribution in [-0.2, 0) is 10.0 Å². The lowest BCUT2D eigenvalue weighted by Gasteiger charge is -2.20. The second-order valence-corrected chi connectivity index (χ2v) is 6.78. The maximum absolute atomic E-state index is 12.4. The summed E-state index contributed by atoms with van der Waals surface area (Å²) in [5.74, 6) is 0.254. The van der Waals surface area contributed by atoms with Crippen molar-refractivity contribution in [3.8, 4) is 6.07 Å². The highest BCUT2D eigenvalue weighted by Gasteiger charge is 2.23. The molecule has 18 heavy (non-hydrogen) atoms. The Hall–Kier alpha value is -1.38. The summed E-state index contributed by atoms with van der Waals surface area (Å²) in [5.41, 5.74) is 1.02. The number of nitriles is 1. The van der Waals surface area contributed by atoms with Crippen molar-refractivity contribution in [2.45, 2.75) is 25.7 Å². The molecular formula is C13H18N2O2S. The SMILES string of the molecule is Cc1ccc(C#N)cc1S(=O)(=O)N(C)CC(C)C. The maximum Gasteiger partial charge on any atom is 0.243 e. The van der Waals surface area contributed by atoms with Crippen LogP contribution in [0.5, 0.6) is 0 Å². The van der Waals surface area contributed by atoms with E-state index in [2.05, 4.69) is 0 Å². The first-order chi connectivity index (χ1) is 8.28. The van der Waals surface area contributed by atoms with E-state index in [1.165, 1.54) is 10.4 Å². The first kappa shape index (κ1) is 14.7. The third kappa shape index (κ3) is 3.09. The van der Waals surface area contributed by atoms with Gasteiger partial charge in [0.2, 0.25) is 10.0 Å². The van der Waals surface area contributed by atoms with E-state index in [0.717, 1.165) is 0 Å². The summed E-state index contributed by atoms with van der Waals surface area (Å²) in [6.07, 6.45) is 0. The van der Waals surface area contributed by atoms with Crippen molar-refractivity contribution in [1.82, 2.24) is 4.31 Å². The van der Waals surface area contributed by atoms with E-state index in [4.69, 9.17) is 5.26 Å². The van der Waals surface area contributed by atoms with Crippen LogP contribution in [0.4, 0.5) is 0 Å². The third-order valence-electron chi connectivity index (χ3n) is 2.63. The normalized spacial score (nSPS) is 11.8. The van der Waals surface area contributed by atoms with Crippen molar-refractivity contribution < 1.29 is 8.42 Å². The molecule has 0 saturated heterocycles. The van der Waals surface area contributed by atoms with Gasteiger partial charge in [0.15, 0.2) is 0 Å². The largest absolute Gasteiger partial charge is 0.243 e. The zero-order valence-corrected chi connectivity index (χ0v) is 12.0. The Morgan fingerprint density at radius 1 is 1.39 bits per heavy atom. The molecule has 0 unspecified atom stereocenters. The standard InChI is InChI=1S/C13H18N2O2S/c1-10(2)9-15(4)18(16,17)13-7-12(8-14)6-5-11(13)3/h5-7,10H,9H2,1-4H3. The monoisotopic (exact) mass is 266 g/mol. The molecule has 5 heteroatoms. The summed E-state index contributed by atoms with van der Waals surface area (Å²) in [7, 11) is -1.95. The highest BCUT2D eigenvalue weighted by atomic mass is 32.2. The van der Waals surface area contributed by atoms with Gasteiger partial charge in [-0.2, -0.15) is 5.26 Å². The Labute approximate surface area is 109 Å². The van der Waals surface area contributed by atoms with E-state index in [-0.39, 0.29) is 10.8 Å². The molecule has 1 rings (SSSR count). The van der Waals surface area contributed by atoms with E-state index in [9.17, 15) is 8.42 Å². The molecule has 0 aliphatic rings. The number of benzene rings is 1. The molecule has 0 spiro atoms. The molecule has 0 aliphatic carbocycles. The third-order valence-corrected chi connectivity index (χ3v) is 4.59. The van der Waals surface area contributed by atoms with Crippen molar-refractivity contribution in [2.24, 2.45) is 5.92 Å². The number of rotatable bonds is 4. The van der Waals surface area contributed by atoms with Crippen LogP contribution in [0.1, 0.15) is 25.0 Å². The number of nitrogens with zero attached hydrogens (tertiary/aromatic N) is 2. The minimum atomic E-state index is -3.52. The van der Waals surface area contributed by atoms with Crippen molar-refractivity contribution in [3.05, 3.63) is 29.3 Å². The van der Waals surface area contributed by atoms with Gasteiger partial charge in [0.05, 0.1) is 16.5 Å². The van der Waals surface area contributed by atoms with Crippen LogP contribution in [0.3, 0.4) is 0 Å². The Balaban J connectivity index is 3.24. The summed E-state index contributed by atoms with van der Waals surface area (Å²) < 4.78 is 26.1. The van der Waals surface area contributed by atoms with E-state index in [0.29, 0.717) is 17.7 Å². The van der Waals surface area contributed by atoms with Crippen LogP contribution >= 0.6 is 0 Å². The summed E-state index contributed by atoms with van der Waals surface area (Å²) in [6, 6.07) is 6.68. The zero-order chi connectivity index (χ0) is 13.9. The van der Waals surface area contributed by atoms with Crippen molar-refractivity contribution in [3.63, 3.8) is 0 Å². The second kappa shape index (κ2) is 5.51. The second-order valence-electron chi connectivity index (χ2n) is 4.77. The predicted molar refractivity (Wildman–Crippen MR) is 70.5 cm³/mol. The Kier molecular flexibility index (Phi) is 4.49. The average molecular weight is 266 g/mol. The van der Waals surface area contributed by atoms with Gasteiger partial charge in [-0.1, -0.05) is 19.9 Å². The summed E-state index contributed by atoms with van der Waals surface area (Å²) in [4.78, 5) is 0.213. The van der Waals surface area contributed by atoms with Gasteiger partial charge < -0.3 is 0 Å². The van der Waals surface area contributed by atoms with E-state index in [1.807, 2.05) is 19.9 Å². The fraction of sp³-hybridized carbons (Fsp3) is 0.462. The highest BCUT2D eigenvalue weighted by Crippen LogP contribution is 2.21. The van der Waals surface area contributed by atoms with Crippen molar-refractivity contribution in [1.29, 1.82) is 5.26 Å². The van der Waals surface area contributed by atoms with Gasteiger partial charge in [0.1, 0.15) is 0 Å². The van der Waals surface area contributed by atoms with Crippen LogP contribution in [0.25, 0.3) is 0 Å². The molecule has 0 N–H and O–H groups in total. The molecule has 0 fully saturated rings. The molecule has 0 radical (unpaired) electrons. The molecule has 0 amide bonds. The first-order valence-corrected chi connectivity index (χ1v) is 7.20. The fourth-order valence-electron chi connectivity index (χ4n) is 1.73. The minimum Gasteiger partial charge on any atom is -0.207 e. The van der Waals surface area contributed by atoms with Gasteiger partial charge in [-0.05, 0) is 30.5 Å². The Morgan fingerprint density at radius 2 is 2.00 bits per heavy atom. The topological polar surface area (TPSA) is 61.2 Å². The fourth-order valence-corrected chi connectivity index (χ4v) is 3.31. The summed E-state index contributed by atoms with van der Waals surface area (Å²) in [6.45, 7) is 6.12. The van der Waals surface area contributed by atoms with Gasteiger partial charge in [-0.15, -0.1) is 0 Å². The molecule has 0 bridgehead atoms. The maximum atomic E-state index is 12.4. The van der Waals surface area contributed by atoms with Crippen LogP contribution in [0.2, 0.25) is 0 Å². The smallest absolute Gasteiger partial charge is 0.207 e. The molecular weight excluding hydrogens is 248 g/mol. The van der Waals surface area contributed by atoms with Gasteiger partial charge in [-0.3, -0.25) is 0 Å². The van der Waals surface area contributed by atoms with E-state index >= 15 is 0 Å². The summed E-state index contributed by atoms with van der Waals surface area (Å²) >= 11 is 0. The number of aryl methyl sites for hydroxylation is 1. The van der Waals surface area contributed by atoms with E-state index < -0.39 is 10.0 Å². The van der Waals surface area contributed by atoms with Gasteiger partial charge in [-0.25, -0.2) is 12.7 Å². The number of hydrogen-bond acceptors (Lipinski definition) is 3. The minimum absolute atomic E-state index is 0.213. The molecule has 1 aromatic rings. The number of sulfonamides is 1. The molecule has 0 saturated carbocycles. The van der Waals surface area contributed by atoms with Crippen LogP contribution in [0, 0.1) is 24.2 Å². The highest BCUT2D eigenvalue weighted by molar-refractivity contribution is 7.89. The van der Waals surface area contributed by atoms with Crippen molar-refractivity contribution >= 4 is 10.0 Å². The Morgan fingerprint density at radius 3 is 2.50 bits per heavy atom.